The number of tetrazole rings is 1. The van der Waals surface area contributed by atoms with Gasteiger partial charge in [0.15, 0.2) is 24.4 Å². The number of methoxy groups -OCH3 is 1. The summed E-state index contributed by atoms with van der Waals surface area (Å²) in [5, 5.41) is 21.6. The molecule has 2 N–H and O–H groups in total. The van der Waals surface area contributed by atoms with Crippen LogP contribution < -0.4 is 10.2 Å². The molecule has 1 aliphatic rings. The summed E-state index contributed by atoms with van der Waals surface area (Å²) >= 11 is 0. The maximum atomic E-state index is 13.6. The van der Waals surface area contributed by atoms with Crippen LogP contribution >= 0.6 is 0 Å². The number of hydroxylamine groups is 1. The van der Waals surface area contributed by atoms with Crippen molar-refractivity contribution in [1.29, 1.82) is 0 Å². The van der Waals surface area contributed by atoms with Crippen molar-refractivity contribution in [1.82, 2.24) is 30.6 Å². The van der Waals surface area contributed by atoms with E-state index < -0.39 is 30.3 Å². The number of benzene rings is 2. The smallest absolute Gasteiger partial charge is 0.265 e. The van der Waals surface area contributed by atoms with Crippen LogP contribution in [-0.4, -0.2) is 97.6 Å². The average molecular weight is 609 g/mol. The molecule has 2 aromatic carbocycles. The van der Waals surface area contributed by atoms with Gasteiger partial charge in [-0.2, -0.15) is 4.80 Å². The van der Waals surface area contributed by atoms with Gasteiger partial charge in [0.1, 0.15) is 5.75 Å². The molecule has 2 heterocycles. The normalized spacial score (nSPS) is 15.9. The average Bonchev–Trinajstić information content (AvgIpc) is 3.44. The van der Waals surface area contributed by atoms with E-state index in [1.165, 1.54) is 48.3 Å². The van der Waals surface area contributed by atoms with Crippen molar-refractivity contribution in [2.24, 2.45) is 0 Å². The molecular formula is C25H32N6O8S2. The number of rotatable bonds is 12. The standard InChI is InChI=1S/C25H32N6O8S2/c1-38-18-30-15-12-25(13-16-30,24(32)28-33)41(36,37)22-10-6-20(7-11-22)39-17-3-14-31-27-23(26-29-31)19-4-8-21(9-5-19)40(2,34)35/h4-11,33H,3,12-18H2,1-2H3,(H,28,32). The number of aryl methyl sites for hydroxylation is 1. The van der Waals surface area contributed by atoms with Crippen molar-refractivity contribution in [2.45, 2.75) is 40.3 Å². The largest absolute Gasteiger partial charge is 0.494 e. The number of amides is 1. The summed E-state index contributed by atoms with van der Waals surface area (Å²) in [5.41, 5.74) is 2.18. The quantitative estimate of drug-likeness (QED) is 0.169. The number of aromatic nitrogens is 4. The van der Waals surface area contributed by atoms with E-state index in [4.69, 9.17) is 9.47 Å². The van der Waals surface area contributed by atoms with E-state index >= 15 is 0 Å². The summed E-state index contributed by atoms with van der Waals surface area (Å²) in [4.78, 5) is 16.1. The number of carbonyl (C=O) groups excluding carboxylic acids is 1. The first-order valence-corrected chi connectivity index (χ1v) is 16.1. The van der Waals surface area contributed by atoms with E-state index in [1.807, 2.05) is 4.90 Å². The molecule has 0 spiro atoms. The summed E-state index contributed by atoms with van der Waals surface area (Å²) in [6, 6.07) is 12.0. The number of hydrogen-bond acceptors (Lipinski definition) is 12. The summed E-state index contributed by atoms with van der Waals surface area (Å²) in [6.07, 6.45) is 1.68. The van der Waals surface area contributed by atoms with Crippen LogP contribution in [0.5, 0.6) is 5.75 Å². The van der Waals surface area contributed by atoms with E-state index in [0.717, 1.165) is 6.26 Å². The Morgan fingerprint density at radius 1 is 1.02 bits per heavy atom. The lowest BCUT2D eigenvalue weighted by Gasteiger charge is -2.39. The minimum Gasteiger partial charge on any atom is -0.494 e. The Bertz CT molecular complexity index is 1550. The topological polar surface area (TPSA) is 183 Å². The molecule has 1 fully saturated rings. The zero-order valence-electron chi connectivity index (χ0n) is 22.6. The molecule has 41 heavy (non-hydrogen) atoms. The first-order valence-electron chi connectivity index (χ1n) is 12.7. The molecule has 1 amide bonds. The second kappa shape index (κ2) is 12.6. The third-order valence-corrected chi connectivity index (χ3v) is 10.5. The van der Waals surface area contributed by atoms with Crippen LogP contribution in [0.3, 0.4) is 0 Å². The molecule has 0 atom stereocenters. The number of nitrogens with one attached hydrogen (secondary N) is 1. The van der Waals surface area contributed by atoms with Gasteiger partial charge >= 0.3 is 0 Å². The highest BCUT2D eigenvalue weighted by Crippen LogP contribution is 2.36. The first kappa shape index (κ1) is 30.5. The van der Waals surface area contributed by atoms with E-state index in [0.29, 0.717) is 49.9 Å². The van der Waals surface area contributed by atoms with Crippen molar-refractivity contribution < 1.29 is 36.3 Å². The highest BCUT2D eigenvalue weighted by molar-refractivity contribution is 7.93. The van der Waals surface area contributed by atoms with Gasteiger partial charge in [-0.15, -0.1) is 10.2 Å². The number of carbonyl (C=O) groups is 1. The van der Waals surface area contributed by atoms with Crippen LogP contribution in [0.2, 0.25) is 0 Å². The van der Waals surface area contributed by atoms with Gasteiger partial charge in [-0.25, -0.2) is 22.3 Å². The van der Waals surface area contributed by atoms with Crippen LogP contribution in [0.25, 0.3) is 11.4 Å². The molecule has 0 bridgehead atoms. The van der Waals surface area contributed by atoms with Gasteiger partial charge in [-0.05, 0) is 66.6 Å². The Balaban J connectivity index is 1.33. The SMILES string of the molecule is COCN1CCC(C(=O)NO)(S(=O)(=O)c2ccc(OCCCn3nnc(-c4ccc(S(C)(=O)=O)cc4)n3)cc2)CC1. The molecule has 1 aromatic heterocycles. The van der Waals surface area contributed by atoms with Crippen LogP contribution in [0.15, 0.2) is 58.3 Å². The van der Waals surface area contributed by atoms with E-state index in [-0.39, 0.29) is 29.2 Å². The monoisotopic (exact) mass is 608 g/mol. The maximum Gasteiger partial charge on any atom is 0.265 e. The molecule has 1 aliphatic heterocycles. The molecule has 1 saturated heterocycles. The zero-order valence-corrected chi connectivity index (χ0v) is 24.3. The predicted octanol–water partition coefficient (Wildman–Crippen LogP) is 0.930. The highest BCUT2D eigenvalue weighted by Gasteiger charge is 2.52. The molecule has 0 unspecified atom stereocenters. The van der Waals surface area contributed by atoms with Crippen molar-refractivity contribution >= 4 is 25.6 Å². The lowest BCUT2D eigenvalue weighted by molar-refractivity contribution is -0.133. The van der Waals surface area contributed by atoms with Crippen LogP contribution in [0.4, 0.5) is 0 Å². The summed E-state index contributed by atoms with van der Waals surface area (Å²) in [5.74, 6) is -0.150. The van der Waals surface area contributed by atoms with Gasteiger partial charge in [-0.3, -0.25) is 14.9 Å². The third-order valence-electron chi connectivity index (χ3n) is 6.90. The highest BCUT2D eigenvalue weighted by atomic mass is 32.2. The molecule has 0 radical (unpaired) electrons. The molecule has 0 saturated carbocycles. The Labute approximate surface area is 238 Å². The molecule has 14 nitrogen and oxygen atoms in total. The minimum atomic E-state index is -4.13. The summed E-state index contributed by atoms with van der Waals surface area (Å²) in [7, 11) is -5.89. The van der Waals surface area contributed by atoms with Crippen molar-refractivity contribution in [2.75, 3.05) is 39.8 Å². The van der Waals surface area contributed by atoms with Gasteiger partial charge in [0, 0.05) is 38.4 Å². The summed E-state index contributed by atoms with van der Waals surface area (Å²) in [6.45, 7) is 1.65. The Kier molecular flexibility index (Phi) is 9.38. The third kappa shape index (κ3) is 6.73. The fourth-order valence-corrected chi connectivity index (χ4v) is 7.17. The zero-order chi connectivity index (χ0) is 29.7. The molecule has 16 heteroatoms. The fourth-order valence-electron chi connectivity index (χ4n) is 4.59. The predicted molar refractivity (Wildman–Crippen MR) is 145 cm³/mol. The molecule has 222 valence electrons. The van der Waals surface area contributed by atoms with E-state index in [1.54, 1.807) is 17.6 Å². The second-order valence-electron chi connectivity index (χ2n) is 9.65. The molecule has 0 aliphatic carbocycles. The maximum absolute atomic E-state index is 13.6. The van der Waals surface area contributed by atoms with Crippen molar-refractivity contribution in [3.8, 4) is 17.1 Å². The Morgan fingerprint density at radius 3 is 2.24 bits per heavy atom. The molecular weight excluding hydrogens is 576 g/mol. The van der Waals surface area contributed by atoms with E-state index in [2.05, 4.69) is 15.4 Å². The lowest BCUT2D eigenvalue weighted by Crippen LogP contribution is -2.57. The Morgan fingerprint density at radius 2 is 1.66 bits per heavy atom. The van der Waals surface area contributed by atoms with E-state index in [9.17, 15) is 26.8 Å². The van der Waals surface area contributed by atoms with Crippen LogP contribution in [-0.2, 0) is 35.8 Å². The number of sulfone groups is 2. The lowest BCUT2D eigenvalue weighted by atomic mass is 9.95. The van der Waals surface area contributed by atoms with Crippen molar-refractivity contribution in [3.05, 3.63) is 48.5 Å². The minimum absolute atomic E-state index is 0.00727. The van der Waals surface area contributed by atoms with Gasteiger partial charge in [0.05, 0.1) is 29.7 Å². The number of hydrogen-bond donors (Lipinski definition) is 2. The van der Waals surface area contributed by atoms with Gasteiger partial charge < -0.3 is 9.47 Å². The first-order chi connectivity index (χ1) is 19.5. The number of piperidine rings is 1. The number of nitrogens with zero attached hydrogens (tertiary/aromatic N) is 5. The second-order valence-corrected chi connectivity index (χ2v) is 13.9. The molecule has 4 rings (SSSR count). The van der Waals surface area contributed by atoms with Gasteiger partial charge in [0.2, 0.25) is 5.82 Å². The van der Waals surface area contributed by atoms with Crippen molar-refractivity contribution in [3.63, 3.8) is 0 Å². The Hall–Kier alpha value is -3.44. The fraction of sp³-hybridized carbons (Fsp3) is 0.440. The van der Waals surface area contributed by atoms with Gasteiger partial charge in [0.25, 0.3) is 5.91 Å². The van der Waals surface area contributed by atoms with Gasteiger partial charge in [-0.1, -0.05) is 0 Å². The number of likely N-dealkylation sites (tertiary alicyclic amines) is 1. The van der Waals surface area contributed by atoms with Crippen LogP contribution in [0, 0.1) is 0 Å². The number of ether oxygens (including phenoxy) is 2. The molecule has 3 aromatic rings. The van der Waals surface area contributed by atoms with Crippen LogP contribution in [0.1, 0.15) is 19.3 Å². The summed E-state index contributed by atoms with van der Waals surface area (Å²) < 4.78 is 59.4.